The van der Waals surface area contributed by atoms with Crippen molar-refractivity contribution in [3.05, 3.63) is 36.5 Å². The molecule has 1 aromatic heterocycles. The Morgan fingerprint density at radius 1 is 1.22 bits per heavy atom. The van der Waals surface area contributed by atoms with E-state index in [0.717, 1.165) is 29.6 Å². The monoisotopic (exact) mass is 244 g/mol. The first kappa shape index (κ1) is 12.4. The number of hydrogen-bond donors (Lipinski definition) is 2. The van der Waals surface area contributed by atoms with E-state index in [4.69, 9.17) is 5.11 Å². The molecule has 2 aromatic rings. The highest BCUT2D eigenvalue weighted by atomic mass is 16.4. The van der Waals surface area contributed by atoms with Crippen molar-refractivity contribution in [1.29, 1.82) is 0 Å². The van der Waals surface area contributed by atoms with Gasteiger partial charge in [-0.15, -0.1) is 0 Å². The number of carboxylic acids is 1. The number of carbonyl (C=O) groups is 1. The van der Waals surface area contributed by atoms with Gasteiger partial charge in [0.2, 0.25) is 0 Å². The number of anilines is 1. The highest BCUT2D eigenvalue weighted by Crippen LogP contribution is 2.20. The van der Waals surface area contributed by atoms with E-state index in [9.17, 15) is 4.79 Å². The maximum absolute atomic E-state index is 10.4. The van der Waals surface area contributed by atoms with E-state index >= 15 is 0 Å². The molecule has 4 heteroatoms. The zero-order chi connectivity index (χ0) is 12.8. The van der Waals surface area contributed by atoms with Gasteiger partial charge in [-0.2, -0.15) is 0 Å². The Kier molecular flexibility index (Phi) is 4.12. The van der Waals surface area contributed by atoms with Crippen molar-refractivity contribution >= 4 is 22.6 Å². The summed E-state index contributed by atoms with van der Waals surface area (Å²) < 4.78 is 0. The number of pyridine rings is 1. The van der Waals surface area contributed by atoms with Crippen molar-refractivity contribution in [3.8, 4) is 0 Å². The molecule has 2 rings (SSSR count). The summed E-state index contributed by atoms with van der Waals surface area (Å²) in [6, 6.07) is 9.90. The Morgan fingerprint density at radius 2 is 2.06 bits per heavy atom. The number of nitrogens with one attached hydrogen (secondary N) is 1. The zero-order valence-corrected chi connectivity index (χ0v) is 10.1. The third-order valence-corrected chi connectivity index (χ3v) is 2.78. The molecule has 94 valence electrons. The lowest BCUT2D eigenvalue weighted by atomic mass is 10.2. The summed E-state index contributed by atoms with van der Waals surface area (Å²) in [5, 5.41) is 13.0. The molecule has 0 fully saturated rings. The van der Waals surface area contributed by atoms with Gasteiger partial charge in [0.15, 0.2) is 0 Å². The van der Waals surface area contributed by atoms with Crippen LogP contribution in [0.1, 0.15) is 19.3 Å². The van der Waals surface area contributed by atoms with Gasteiger partial charge in [0.05, 0.1) is 5.52 Å². The van der Waals surface area contributed by atoms with Gasteiger partial charge in [0, 0.05) is 30.2 Å². The van der Waals surface area contributed by atoms with Gasteiger partial charge in [-0.1, -0.05) is 18.2 Å². The first-order valence-electron chi connectivity index (χ1n) is 6.07. The van der Waals surface area contributed by atoms with Gasteiger partial charge < -0.3 is 10.4 Å². The predicted octanol–water partition coefficient (Wildman–Crippen LogP) is 2.90. The predicted molar refractivity (Wildman–Crippen MR) is 71.7 cm³/mol. The normalized spacial score (nSPS) is 10.4. The molecule has 18 heavy (non-hydrogen) atoms. The van der Waals surface area contributed by atoms with Crippen molar-refractivity contribution in [2.24, 2.45) is 0 Å². The zero-order valence-electron chi connectivity index (χ0n) is 10.1. The fourth-order valence-electron chi connectivity index (χ4n) is 1.87. The number of hydrogen-bond acceptors (Lipinski definition) is 3. The SMILES string of the molecule is O=C(O)CCCCNc1ccnc2ccccc12. The second-order valence-electron chi connectivity index (χ2n) is 4.15. The number of aliphatic carboxylic acids is 1. The molecule has 1 heterocycles. The van der Waals surface area contributed by atoms with Crippen LogP contribution in [0.25, 0.3) is 10.9 Å². The standard InChI is InChI=1S/C14H16N2O2/c17-14(18)7-3-4-9-15-13-8-10-16-12-6-2-1-5-11(12)13/h1-2,5-6,8,10H,3-4,7,9H2,(H,15,16)(H,17,18). The number of aromatic nitrogens is 1. The summed E-state index contributed by atoms with van der Waals surface area (Å²) in [5.41, 5.74) is 2.02. The van der Waals surface area contributed by atoms with E-state index in [-0.39, 0.29) is 6.42 Å². The Hall–Kier alpha value is -2.10. The maximum atomic E-state index is 10.4. The van der Waals surface area contributed by atoms with E-state index in [1.54, 1.807) is 6.20 Å². The third kappa shape index (κ3) is 3.20. The number of nitrogens with zero attached hydrogens (tertiary/aromatic N) is 1. The topological polar surface area (TPSA) is 62.2 Å². The minimum Gasteiger partial charge on any atom is -0.481 e. The molecule has 4 nitrogen and oxygen atoms in total. The molecule has 0 radical (unpaired) electrons. The minimum atomic E-state index is -0.732. The Balaban J connectivity index is 1.93. The second kappa shape index (κ2) is 6.00. The number of para-hydroxylation sites is 1. The molecule has 0 aliphatic heterocycles. The molecular formula is C14H16N2O2. The van der Waals surface area contributed by atoms with Crippen molar-refractivity contribution in [2.75, 3.05) is 11.9 Å². The van der Waals surface area contributed by atoms with Crippen LogP contribution in [0, 0.1) is 0 Å². The molecule has 0 aliphatic carbocycles. The van der Waals surface area contributed by atoms with Crippen molar-refractivity contribution in [1.82, 2.24) is 4.98 Å². The molecule has 0 bridgehead atoms. The Labute approximate surface area is 106 Å². The Morgan fingerprint density at radius 3 is 2.89 bits per heavy atom. The molecular weight excluding hydrogens is 228 g/mol. The van der Waals surface area contributed by atoms with Crippen LogP contribution in [0.2, 0.25) is 0 Å². The lowest BCUT2D eigenvalue weighted by Gasteiger charge is -2.08. The minimum absolute atomic E-state index is 0.235. The van der Waals surface area contributed by atoms with Gasteiger partial charge in [-0.25, -0.2) is 0 Å². The van der Waals surface area contributed by atoms with Crippen molar-refractivity contribution < 1.29 is 9.90 Å². The average Bonchev–Trinajstić information content (AvgIpc) is 2.38. The van der Waals surface area contributed by atoms with E-state index < -0.39 is 5.97 Å². The van der Waals surface area contributed by atoms with Crippen LogP contribution in [0.5, 0.6) is 0 Å². The van der Waals surface area contributed by atoms with E-state index in [1.165, 1.54) is 0 Å². The molecule has 0 saturated heterocycles. The summed E-state index contributed by atoms with van der Waals surface area (Å²) in [6.45, 7) is 0.779. The molecule has 0 saturated carbocycles. The van der Waals surface area contributed by atoms with E-state index in [2.05, 4.69) is 10.3 Å². The van der Waals surface area contributed by atoms with Crippen LogP contribution < -0.4 is 5.32 Å². The van der Waals surface area contributed by atoms with Gasteiger partial charge in [0.25, 0.3) is 0 Å². The maximum Gasteiger partial charge on any atom is 0.303 e. The third-order valence-electron chi connectivity index (χ3n) is 2.78. The number of fused-ring (bicyclic) bond motifs is 1. The highest BCUT2D eigenvalue weighted by Gasteiger charge is 2.00. The number of unbranched alkanes of at least 4 members (excludes halogenated alkanes) is 1. The van der Waals surface area contributed by atoms with Crippen LogP contribution in [-0.2, 0) is 4.79 Å². The molecule has 0 aliphatic rings. The number of rotatable bonds is 6. The van der Waals surface area contributed by atoms with Gasteiger partial charge in [-0.05, 0) is 25.0 Å². The Bertz CT molecular complexity index is 535. The molecule has 0 spiro atoms. The summed E-state index contributed by atoms with van der Waals surface area (Å²) in [7, 11) is 0. The van der Waals surface area contributed by atoms with Gasteiger partial charge >= 0.3 is 5.97 Å². The van der Waals surface area contributed by atoms with Crippen molar-refractivity contribution in [3.63, 3.8) is 0 Å². The molecule has 0 atom stereocenters. The number of carboxylic acid groups (broad SMARTS) is 1. The van der Waals surface area contributed by atoms with E-state index in [1.807, 2.05) is 30.3 Å². The smallest absolute Gasteiger partial charge is 0.303 e. The summed E-state index contributed by atoms with van der Waals surface area (Å²) >= 11 is 0. The van der Waals surface area contributed by atoms with Crippen molar-refractivity contribution in [2.45, 2.75) is 19.3 Å². The van der Waals surface area contributed by atoms with E-state index in [0.29, 0.717) is 6.42 Å². The summed E-state index contributed by atoms with van der Waals surface area (Å²) in [6.07, 6.45) is 3.56. The lowest BCUT2D eigenvalue weighted by molar-refractivity contribution is -0.137. The number of benzene rings is 1. The fraction of sp³-hybridized carbons (Fsp3) is 0.286. The molecule has 1 aromatic carbocycles. The van der Waals surface area contributed by atoms with Crippen LogP contribution in [0.15, 0.2) is 36.5 Å². The fourth-order valence-corrected chi connectivity index (χ4v) is 1.87. The molecule has 0 amide bonds. The quantitative estimate of drug-likeness (QED) is 0.767. The first-order valence-corrected chi connectivity index (χ1v) is 6.07. The van der Waals surface area contributed by atoms with Gasteiger partial charge in [0.1, 0.15) is 0 Å². The van der Waals surface area contributed by atoms with Gasteiger partial charge in [-0.3, -0.25) is 9.78 Å². The lowest BCUT2D eigenvalue weighted by Crippen LogP contribution is -2.03. The summed E-state index contributed by atoms with van der Waals surface area (Å²) in [5.74, 6) is -0.732. The summed E-state index contributed by atoms with van der Waals surface area (Å²) in [4.78, 5) is 14.7. The van der Waals surface area contributed by atoms with Crippen LogP contribution in [0.4, 0.5) is 5.69 Å². The highest BCUT2D eigenvalue weighted by molar-refractivity contribution is 5.90. The molecule has 0 unspecified atom stereocenters. The van der Waals surface area contributed by atoms with Crippen LogP contribution in [-0.4, -0.2) is 22.6 Å². The average molecular weight is 244 g/mol. The largest absolute Gasteiger partial charge is 0.481 e. The van der Waals surface area contributed by atoms with Crippen LogP contribution >= 0.6 is 0 Å². The van der Waals surface area contributed by atoms with Crippen LogP contribution in [0.3, 0.4) is 0 Å². The molecule has 2 N–H and O–H groups in total. The second-order valence-corrected chi connectivity index (χ2v) is 4.15. The first-order chi connectivity index (χ1) is 8.77.